The van der Waals surface area contributed by atoms with Crippen molar-refractivity contribution < 1.29 is 17.9 Å². The number of rotatable bonds is 6. The van der Waals surface area contributed by atoms with Crippen LogP contribution in [0.2, 0.25) is 0 Å². The molecule has 0 bridgehead atoms. The Morgan fingerprint density at radius 2 is 2.26 bits per heavy atom. The van der Waals surface area contributed by atoms with Crippen molar-refractivity contribution >= 4 is 21.4 Å². The molecule has 0 fully saturated rings. The first-order valence-electron chi connectivity index (χ1n) is 6.74. The minimum Gasteiger partial charge on any atom is -0.458 e. The maximum absolute atomic E-state index is 12.1. The molecule has 1 unspecified atom stereocenters. The number of aliphatic hydroxyl groups is 1. The maximum atomic E-state index is 12.1. The molecule has 3 heterocycles. The normalized spacial score (nSPS) is 13.3. The van der Waals surface area contributed by atoms with Gasteiger partial charge in [0, 0.05) is 30.7 Å². The molecule has 0 radical (unpaired) electrons. The highest BCUT2D eigenvalue weighted by Gasteiger charge is 2.20. The van der Waals surface area contributed by atoms with Crippen LogP contribution in [0.3, 0.4) is 0 Å². The third kappa shape index (κ3) is 3.53. The van der Waals surface area contributed by atoms with Crippen LogP contribution in [0.5, 0.6) is 0 Å². The monoisotopic (exact) mass is 353 g/mol. The molecular weight excluding hydrogens is 338 g/mol. The zero-order chi connectivity index (χ0) is 16.4. The fourth-order valence-corrected chi connectivity index (χ4v) is 3.67. The van der Waals surface area contributed by atoms with Gasteiger partial charge < -0.3 is 9.52 Å². The van der Waals surface area contributed by atoms with E-state index in [9.17, 15) is 13.5 Å². The van der Waals surface area contributed by atoms with Crippen LogP contribution in [-0.2, 0) is 17.1 Å². The maximum Gasteiger partial charge on any atom is 0.243 e. The zero-order valence-corrected chi connectivity index (χ0v) is 13.8. The van der Waals surface area contributed by atoms with Gasteiger partial charge in [0.1, 0.15) is 22.5 Å². The number of aliphatic hydroxyl groups excluding tert-OH is 1. The second-order valence-electron chi connectivity index (χ2n) is 4.93. The minimum atomic E-state index is -3.71. The van der Waals surface area contributed by atoms with Crippen molar-refractivity contribution in [2.24, 2.45) is 7.05 Å². The highest BCUT2D eigenvalue weighted by Crippen LogP contribution is 2.27. The number of furan rings is 1. The van der Waals surface area contributed by atoms with Crippen LogP contribution in [0.4, 0.5) is 0 Å². The molecule has 1 atom stereocenters. The van der Waals surface area contributed by atoms with Gasteiger partial charge in [0.05, 0.1) is 6.20 Å². The van der Waals surface area contributed by atoms with Crippen molar-refractivity contribution in [2.45, 2.75) is 11.0 Å². The van der Waals surface area contributed by atoms with Crippen molar-refractivity contribution in [1.82, 2.24) is 14.5 Å². The number of thiophene rings is 1. The molecule has 3 rings (SSSR count). The Morgan fingerprint density at radius 1 is 1.43 bits per heavy atom. The van der Waals surface area contributed by atoms with E-state index in [2.05, 4.69) is 9.82 Å². The molecule has 0 spiro atoms. The van der Waals surface area contributed by atoms with Crippen LogP contribution < -0.4 is 4.72 Å². The molecule has 3 aromatic heterocycles. The van der Waals surface area contributed by atoms with Gasteiger partial charge in [0.25, 0.3) is 0 Å². The van der Waals surface area contributed by atoms with Crippen LogP contribution in [0.25, 0.3) is 11.3 Å². The van der Waals surface area contributed by atoms with Gasteiger partial charge in [-0.2, -0.15) is 16.4 Å². The summed E-state index contributed by atoms with van der Waals surface area (Å²) in [4.78, 5) is 0.0469. The highest BCUT2D eigenvalue weighted by molar-refractivity contribution is 7.89. The minimum absolute atomic E-state index is 0.0469. The molecule has 0 aliphatic rings. The van der Waals surface area contributed by atoms with Crippen molar-refractivity contribution in [3.05, 3.63) is 47.1 Å². The Kier molecular flexibility index (Phi) is 4.35. The number of nitrogens with one attached hydrogen (secondary N) is 1. The lowest BCUT2D eigenvalue weighted by Gasteiger charge is -2.09. The average molecular weight is 353 g/mol. The molecule has 3 aromatic rings. The van der Waals surface area contributed by atoms with E-state index < -0.39 is 16.1 Å². The first-order valence-corrected chi connectivity index (χ1v) is 9.17. The summed E-state index contributed by atoms with van der Waals surface area (Å²) in [5, 5.41) is 17.8. The van der Waals surface area contributed by atoms with Gasteiger partial charge >= 0.3 is 0 Å². The van der Waals surface area contributed by atoms with Gasteiger partial charge in [-0.15, -0.1) is 0 Å². The number of sulfonamides is 1. The molecule has 2 N–H and O–H groups in total. The molecule has 0 aliphatic heterocycles. The van der Waals surface area contributed by atoms with Gasteiger partial charge in [0.15, 0.2) is 0 Å². The summed E-state index contributed by atoms with van der Waals surface area (Å²) in [6.07, 6.45) is 1.56. The van der Waals surface area contributed by atoms with Crippen LogP contribution in [0, 0.1) is 0 Å². The molecular formula is C14H15N3O4S2. The number of nitrogens with zero attached hydrogens (tertiary/aromatic N) is 2. The van der Waals surface area contributed by atoms with Gasteiger partial charge in [-0.3, -0.25) is 4.68 Å². The predicted octanol–water partition coefficient (Wildman–Crippen LogP) is 1.75. The number of aromatic nitrogens is 2. The van der Waals surface area contributed by atoms with Crippen molar-refractivity contribution in [3.8, 4) is 11.3 Å². The molecule has 7 nitrogen and oxygen atoms in total. The number of aryl methyl sites for hydroxylation is 1. The lowest BCUT2D eigenvalue weighted by atomic mass is 10.2. The quantitative estimate of drug-likeness (QED) is 0.704. The van der Waals surface area contributed by atoms with E-state index in [1.54, 1.807) is 30.5 Å². The first-order chi connectivity index (χ1) is 11.0. The standard InChI is InChI=1S/C14H15N3O4S2/c1-17-8-11(6-15-17)23(19,20)16-7-12(18)14-3-2-13(21-14)10-4-5-22-9-10/h2-6,8-9,12,16,18H,7H2,1H3. The fourth-order valence-electron chi connectivity index (χ4n) is 2.00. The Labute approximate surface area is 137 Å². The second-order valence-corrected chi connectivity index (χ2v) is 7.48. The van der Waals surface area contributed by atoms with Gasteiger partial charge in [-0.1, -0.05) is 0 Å². The van der Waals surface area contributed by atoms with E-state index in [1.807, 2.05) is 16.8 Å². The Bertz CT molecular complexity index is 881. The summed E-state index contributed by atoms with van der Waals surface area (Å²) in [5.41, 5.74) is 0.921. The van der Waals surface area contributed by atoms with Crippen LogP contribution in [-0.4, -0.2) is 29.8 Å². The number of hydrogen-bond acceptors (Lipinski definition) is 6. The Morgan fingerprint density at radius 3 is 2.91 bits per heavy atom. The summed E-state index contributed by atoms with van der Waals surface area (Å²) >= 11 is 1.54. The fraction of sp³-hybridized carbons (Fsp3) is 0.214. The zero-order valence-electron chi connectivity index (χ0n) is 12.2. The summed E-state index contributed by atoms with van der Waals surface area (Å²) in [6.45, 7) is -0.187. The van der Waals surface area contributed by atoms with Crippen LogP contribution in [0.1, 0.15) is 11.9 Å². The Balaban J connectivity index is 1.67. The third-order valence-electron chi connectivity index (χ3n) is 3.22. The van der Waals surface area contributed by atoms with Crippen molar-refractivity contribution in [3.63, 3.8) is 0 Å². The van der Waals surface area contributed by atoms with E-state index in [-0.39, 0.29) is 11.4 Å². The molecule has 23 heavy (non-hydrogen) atoms. The van der Waals surface area contributed by atoms with Crippen LogP contribution in [0.15, 0.2) is 50.7 Å². The lowest BCUT2D eigenvalue weighted by molar-refractivity contribution is 0.155. The summed E-state index contributed by atoms with van der Waals surface area (Å²) in [6, 6.07) is 5.29. The molecule has 0 aliphatic carbocycles. The lowest BCUT2D eigenvalue weighted by Crippen LogP contribution is -2.28. The predicted molar refractivity (Wildman–Crippen MR) is 85.4 cm³/mol. The van der Waals surface area contributed by atoms with E-state index in [4.69, 9.17) is 4.42 Å². The van der Waals surface area contributed by atoms with E-state index in [0.717, 1.165) is 5.56 Å². The topological polar surface area (TPSA) is 97.4 Å². The largest absolute Gasteiger partial charge is 0.458 e. The molecule has 9 heteroatoms. The van der Waals surface area contributed by atoms with Gasteiger partial charge in [-0.25, -0.2) is 13.1 Å². The summed E-state index contributed by atoms with van der Waals surface area (Å²) in [7, 11) is -2.08. The van der Waals surface area contributed by atoms with Crippen molar-refractivity contribution in [1.29, 1.82) is 0 Å². The molecule has 0 saturated carbocycles. The highest BCUT2D eigenvalue weighted by atomic mass is 32.2. The molecule has 0 saturated heterocycles. The second kappa shape index (κ2) is 6.28. The number of hydrogen-bond donors (Lipinski definition) is 2. The SMILES string of the molecule is Cn1cc(S(=O)(=O)NCC(O)c2ccc(-c3ccsc3)o2)cn1. The third-order valence-corrected chi connectivity index (χ3v) is 5.28. The first kappa shape index (κ1) is 15.9. The molecule has 122 valence electrons. The van der Waals surface area contributed by atoms with Crippen LogP contribution >= 0.6 is 11.3 Å². The van der Waals surface area contributed by atoms with E-state index in [0.29, 0.717) is 11.5 Å². The summed E-state index contributed by atoms with van der Waals surface area (Å²) in [5.74, 6) is 0.940. The summed E-state index contributed by atoms with van der Waals surface area (Å²) < 4.78 is 33.4. The molecule has 0 amide bonds. The van der Waals surface area contributed by atoms with Crippen molar-refractivity contribution in [2.75, 3.05) is 6.54 Å². The van der Waals surface area contributed by atoms with Gasteiger partial charge in [0.2, 0.25) is 10.0 Å². The smallest absolute Gasteiger partial charge is 0.243 e. The molecule has 0 aromatic carbocycles. The average Bonchev–Trinajstić information content (AvgIpc) is 3.24. The van der Waals surface area contributed by atoms with E-state index in [1.165, 1.54) is 17.1 Å². The Hall–Kier alpha value is -1.94. The van der Waals surface area contributed by atoms with Gasteiger partial charge in [-0.05, 0) is 23.6 Å². The van der Waals surface area contributed by atoms with E-state index >= 15 is 0 Å².